The van der Waals surface area contributed by atoms with Gasteiger partial charge in [-0.05, 0) is 62.5 Å². The topological polar surface area (TPSA) is 49.5 Å². The fourth-order valence-corrected chi connectivity index (χ4v) is 2.58. The number of phenols is 1. The summed E-state index contributed by atoms with van der Waals surface area (Å²) in [7, 11) is 0. The first-order chi connectivity index (χ1) is 8.28. The summed E-state index contributed by atoms with van der Waals surface area (Å²) < 4.78 is 0. The summed E-state index contributed by atoms with van der Waals surface area (Å²) in [6.45, 7) is 4.07. The van der Waals surface area contributed by atoms with Gasteiger partial charge in [0, 0.05) is 6.54 Å². The van der Waals surface area contributed by atoms with E-state index in [4.69, 9.17) is 5.73 Å². The Labute approximate surface area is 103 Å². The first kappa shape index (κ1) is 12.4. The highest BCUT2D eigenvalue weighted by molar-refractivity contribution is 5.27. The summed E-state index contributed by atoms with van der Waals surface area (Å²) in [6.07, 6.45) is 3.69. The third kappa shape index (κ3) is 3.72. The molecule has 0 spiro atoms. The molecule has 94 valence electrons. The van der Waals surface area contributed by atoms with E-state index in [-0.39, 0.29) is 0 Å². The molecular weight excluding hydrogens is 212 g/mol. The molecule has 0 saturated carbocycles. The van der Waals surface area contributed by atoms with Crippen LogP contribution in [0.25, 0.3) is 0 Å². The summed E-state index contributed by atoms with van der Waals surface area (Å²) in [5.41, 5.74) is 6.79. The number of benzene rings is 1. The van der Waals surface area contributed by atoms with Crippen molar-refractivity contribution in [2.75, 3.05) is 19.6 Å². The zero-order chi connectivity index (χ0) is 12.1. The van der Waals surface area contributed by atoms with Gasteiger partial charge in [0.15, 0.2) is 0 Å². The average molecular weight is 234 g/mol. The highest BCUT2D eigenvalue weighted by atomic mass is 16.3. The Bertz CT molecular complexity index is 346. The summed E-state index contributed by atoms with van der Waals surface area (Å²) in [5, 5.41) is 9.42. The van der Waals surface area contributed by atoms with Crippen molar-refractivity contribution in [3.8, 4) is 5.75 Å². The summed E-state index contributed by atoms with van der Waals surface area (Å²) in [5.74, 6) is 1.18. The lowest BCUT2D eigenvalue weighted by Crippen LogP contribution is -2.33. The van der Waals surface area contributed by atoms with Crippen molar-refractivity contribution in [1.82, 2.24) is 4.90 Å². The molecule has 0 amide bonds. The van der Waals surface area contributed by atoms with Gasteiger partial charge in [-0.25, -0.2) is 0 Å². The van der Waals surface area contributed by atoms with Crippen LogP contribution >= 0.6 is 0 Å². The van der Waals surface area contributed by atoms with E-state index in [0.717, 1.165) is 32.1 Å². The molecular formula is C14H22N2O. The molecule has 1 saturated heterocycles. The van der Waals surface area contributed by atoms with E-state index in [9.17, 15) is 5.11 Å². The van der Waals surface area contributed by atoms with Crippen LogP contribution in [-0.2, 0) is 6.54 Å². The van der Waals surface area contributed by atoms with Crippen molar-refractivity contribution in [2.45, 2.75) is 25.8 Å². The molecule has 1 aliphatic rings. The van der Waals surface area contributed by atoms with E-state index in [1.807, 2.05) is 12.1 Å². The van der Waals surface area contributed by atoms with Crippen LogP contribution in [0.2, 0.25) is 0 Å². The SMILES string of the molecule is NCCC1CCN(Cc2cccc(O)c2)CC1. The van der Waals surface area contributed by atoms with Gasteiger partial charge in [0.2, 0.25) is 0 Å². The second-order valence-electron chi connectivity index (χ2n) is 4.97. The van der Waals surface area contributed by atoms with E-state index in [0.29, 0.717) is 5.75 Å². The molecule has 0 bridgehead atoms. The van der Waals surface area contributed by atoms with E-state index in [2.05, 4.69) is 11.0 Å². The Kier molecular flexibility index (Phi) is 4.40. The highest BCUT2D eigenvalue weighted by Gasteiger charge is 2.18. The Balaban J connectivity index is 1.82. The first-order valence-corrected chi connectivity index (χ1v) is 6.48. The van der Waals surface area contributed by atoms with Crippen molar-refractivity contribution in [2.24, 2.45) is 11.7 Å². The minimum absolute atomic E-state index is 0.362. The number of hydrogen-bond donors (Lipinski definition) is 2. The van der Waals surface area contributed by atoms with Crippen LogP contribution in [0.5, 0.6) is 5.75 Å². The third-order valence-corrected chi connectivity index (χ3v) is 3.60. The fourth-order valence-electron chi connectivity index (χ4n) is 2.58. The zero-order valence-electron chi connectivity index (χ0n) is 10.3. The second kappa shape index (κ2) is 6.03. The maximum atomic E-state index is 9.42. The Morgan fingerprint density at radius 3 is 2.71 bits per heavy atom. The van der Waals surface area contributed by atoms with Crippen molar-refractivity contribution in [3.05, 3.63) is 29.8 Å². The molecule has 1 aromatic carbocycles. The van der Waals surface area contributed by atoms with Gasteiger partial charge in [0.1, 0.15) is 5.75 Å². The summed E-state index contributed by atoms with van der Waals surface area (Å²) >= 11 is 0. The number of piperidine rings is 1. The maximum absolute atomic E-state index is 9.42. The maximum Gasteiger partial charge on any atom is 0.115 e. The van der Waals surface area contributed by atoms with Gasteiger partial charge in [-0.3, -0.25) is 4.90 Å². The number of phenolic OH excluding ortho intramolecular Hbond substituents is 1. The minimum atomic E-state index is 0.362. The molecule has 0 unspecified atom stereocenters. The molecule has 17 heavy (non-hydrogen) atoms. The number of nitrogens with zero attached hydrogens (tertiary/aromatic N) is 1. The Morgan fingerprint density at radius 2 is 2.06 bits per heavy atom. The van der Waals surface area contributed by atoms with E-state index in [1.165, 1.54) is 24.8 Å². The second-order valence-corrected chi connectivity index (χ2v) is 4.97. The summed E-state index contributed by atoms with van der Waals surface area (Å²) in [4.78, 5) is 2.46. The van der Waals surface area contributed by atoms with Crippen LogP contribution in [0.3, 0.4) is 0 Å². The molecule has 1 fully saturated rings. The van der Waals surface area contributed by atoms with Gasteiger partial charge < -0.3 is 10.8 Å². The minimum Gasteiger partial charge on any atom is -0.508 e. The van der Waals surface area contributed by atoms with Crippen LogP contribution in [0, 0.1) is 5.92 Å². The lowest BCUT2D eigenvalue weighted by atomic mass is 9.93. The number of hydrogen-bond acceptors (Lipinski definition) is 3. The predicted octanol–water partition coefficient (Wildman–Crippen LogP) is 1.95. The van der Waals surface area contributed by atoms with E-state index in [1.54, 1.807) is 6.07 Å². The van der Waals surface area contributed by atoms with E-state index >= 15 is 0 Å². The molecule has 1 aromatic rings. The Hall–Kier alpha value is -1.06. The molecule has 3 nitrogen and oxygen atoms in total. The number of aromatic hydroxyl groups is 1. The van der Waals surface area contributed by atoms with Crippen LogP contribution in [0.4, 0.5) is 0 Å². The lowest BCUT2D eigenvalue weighted by Gasteiger charge is -2.31. The van der Waals surface area contributed by atoms with Crippen molar-refractivity contribution in [3.63, 3.8) is 0 Å². The highest BCUT2D eigenvalue weighted by Crippen LogP contribution is 2.22. The summed E-state index contributed by atoms with van der Waals surface area (Å²) in [6, 6.07) is 7.56. The molecule has 3 heteroatoms. The van der Waals surface area contributed by atoms with Crippen LogP contribution < -0.4 is 5.73 Å². The van der Waals surface area contributed by atoms with Gasteiger partial charge in [-0.15, -0.1) is 0 Å². The largest absolute Gasteiger partial charge is 0.508 e. The predicted molar refractivity (Wildman–Crippen MR) is 69.8 cm³/mol. The quantitative estimate of drug-likeness (QED) is 0.837. The van der Waals surface area contributed by atoms with Gasteiger partial charge in [-0.1, -0.05) is 12.1 Å². The van der Waals surface area contributed by atoms with Crippen molar-refractivity contribution >= 4 is 0 Å². The molecule has 3 N–H and O–H groups in total. The molecule has 0 aromatic heterocycles. The van der Waals surface area contributed by atoms with E-state index < -0.39 is 0 Å². The van der Waals surface area contributed by atoms with Gasteiger partial charge in [0.25, 0.3) is 0 Å². The normalized spacial score (nSPS) is 18.4. The third-order valence-electron chi connectivity index (χ3n) is 3.60. The number of nitrogens with two attached hydrogens (primary N) is 1. The molecule has 0 radical (unpaired) electrons. The molecule has 0 atom stereocenters. The number of likely N-dealkylation sites (tertiary alicyclic amines) is 1. The fraction of sp³-hybridized carbons (Fsp3) is 0.571. The first-order valence-electron chi connectivity index (χ1n) is 6.48. The monoisotopic (exact) mass is 234 g/mol. The molecule has 0 aliphatic carbocycles. The van der Waals surface area contributed by atoms with Crippen LogP contribution in [0.15, 0.2) is 24.3 Å². The molecule has 1 heterocycles. The van der Waals surface area contributed by atoms with Gasteiger partial charge in [0.05, 0.1) is 0 Å². The molecule has 2 rings (SSSR count). The lowest BCUT2D eigenvalue weighted by molar-refractivity contribution is 0.173. The molecule has 1 aliphatic heterocycles. The number of rotatable bonds is 4. The average Bonchev–Trinajstić information content (AvgIpc) is 2.32. The standard InChI is InChI=1S/C14H22N2O/c15-7-4-12-5-8-16(9-6-12)11-13-2-1-3-14(17)10-13/h1-3,10,12,17H,4-9,11,15H2. The van der Waals surface area contributed by atoms with Gasteiger partial charge >= 0.3 is 0 Å². The smallest absolute Gasteiger partial charge is 0.115 e. The van der Waals surface area contributed by atoms with Crippen molar-refractivity contribution in [1.29, 1.82) is 0 Å². The Morgan fingerprint density at radius 1 is 1.29 bits per heavy atom. The van der Waals surface area contributed by atoms with Crippen LogP contribution in [0.1, 0.15) is 24.8 Å². The van der Waals surface area contributed by atoms with Crippen LogP contribution in [-0.4, -0.2) is 29.6 Å². The zero-order valence-corrected chi connectivity index (χ0v) is 10.3. The van der Waals surface area contributed by atoms with Gasteiger partial charge in [-0.2, -0.15) is 0 Å². The van der Waals surface area contributed by atoms with Crippen molar-refractivity contribution < 1.29 is 5.11 Å².